The molecule has 2 heterocycles. The Hall–Kier alpha value is -3.66. The summed E-state index contributed by atoms with van der Waals surface area (Å²) in [5, 5.41) is 32.6. The van der Waals surface area contributed by atoms with E-state index in [-0.39, 0.29) is 11.4 Å². The van der Waals surface area contributed by atoms with E-state index >= 15 is 0 Å². The molecule has 0 aliphatic carbocycles. The van der Waals surface area contributed by atoms with Gasteiger partial charge in [0.15, 0.2) is 5.82 Å². The highest BCUT2D eigenvalue weighted by Gasteiger charge is 2.16. The van der Waals surface area contributed by atoms with E-state index < -0.39 is 5.97 Å². The topological polar surface area (TPSA) is 112 Å². The summed E-state index contributed by atoms with van der Waals surface area (Å²) in [6.07, 6.45) is 3.42. The number of benzene rings is 1. The molecule has 124 valence electrons. The average molecular weight is 334 g/mol. The first-order valence-electron chi connectivity index (χ1n) is 7.55. The number of aryl methyl sites for hydroxylation is 1. The quantitative estimate of drug-likeness (QED) is 0.758. The lowest BCUT2D eigenvalue weighted by atomic mass is 9.98. The summed E-state index contributed by atoms with van der Waals surface area (Å²) in [5.41, 5.74) is 2.83. The van der Waals surface area contributed by atoms with Crippen molar-refractivity contribution in [1.29, 1.82) is 5.26 Å². The maximum Gasteiger partial charge on any atom is 0.337 e. The molecule has 0 fully saturated rings. The van der Waals surface area contributed by atoms with E-state index in [1.807, 2.05) is 6.92 Å². The Morgan fingerprint density at radius 3 is 2.64 bits per heavy atom. The summed E-state index contributed by atoms with van der Waals surface area (Å²) in [5.74, 6) is -0.870. The van der Waals surface area contributed by atoms with Crippen LogP contribution in [0.25, 0.3) is 16.9 Å². The fourth-order valence-electron chi connectivity index (χ4n) is 2.56. The van der Waals surface area contributed by atoms with E-state index in [1.165, 1.54) is 29.2 Å². The largest absolute Gasteiger partial charge is 0.493 e. The molecule has 0 atom stereocenters. The van der Waals surface area contributed by atoms with Crippen LogP contribution in [0.15, 0.2) is 42.7 Å². The lowest BCUT2D eigenvalue weighted by Crippen LogP contribution is -2.02. The molecule has 3 aromatic rings. The van der Waals surface area contributed by atoms with Crippen LogP contribution < -0.4 is 0 Å². The second-order valence-corrected chi connectivity index (χ2v) is 5.34. The van der Waals surface area contributed by atoms with Crippen molar-refractivity contribution in [1.82, 2.24) is 14.8 Å². The maximum absolute atomic E-state index is 10.9. The highest BCUT2D eigenvalue weighted by atomic mass is 16.4. The molecule has 2 N–H and O–H groups in total. The van der Waals surface area contributed by atoms with Gasteiger partial charge in [0.1, 0.15) is 0 Å². The Labute approximate surface area is 143 Å². The summed E-state index contributed by atoms with van der Waals surface area (Å²) in [4.78, 5) is 14.9. The first-order valence-corrected chi connectivity index (χ1v) is 7.55. The standard InChI is InChI=1S/C18H14N4O3/c1-2-12-7-11(8-19)3-5-14(12)15-10-21-22(17(15)23)16-6-4-13(9-20-16)18(24)25/h3-7,9-10,23H,2H2,1H3,(H,24,25). The molecule has 0 saturated heterocycles. The number of aromatic nitrogens is 3. The zero-order valence-electron chi connectivity index (χ0n) is 13.3. The summed E-state index contributed by atoms with van der Waals surface area (Å²) in [7, 11) is 0. The number of nitrogens with zero attached hydrogens (tertiary/aromatic N) is 4. The Bertz CT molecular complexity index is 985. The van der Waals surface area contributed by atoms with Gasteiger partial charge in [-0.1, -0.05) is 13.0 Å². The van der Waals surface area contributed by atoms with Gasteiger partial charge in [-0.25, -0.2) is 9.78 Å². The average Bonchev–Trinajstić information content (AvgIpc) is 3.02. The van der Waals surface area contributed by atoms with Crippen LogP contribution in [0, 0.1) is 11.3 Å². The van der Waals surface area contributed by atoms with Crippen molar-refractivity contribution < 1.29 is 15.0 Å². The van der Waals surface area contributed by atoms with Crippen molar-refractivity contribution >= 4 is 5.97 Å². The van der Waals surface area contributed by atoms with Gasteiger partial charge in [-0.05, 0) is 41.8 Å². The van der Waals surface area contributed by atoms with Crippen LogP contribution in [0.3, 0.4) is 0 Å². The number of pyridine rings is 1. The molecule has 0 spiro atoms. The summed E-state index contributed by atoms with van der Waals surface area (Å²) in [6.45, 7) is 1.97. The van der Waals surface area contributed by atoms with Crippen molar-refractivity contribution in [3.05, 3.63) is 59.4 Å². The summed E-state index contributed by atoms with van der Waals surface area (Å²) in [6, 6.07) is 10.2. The van der Waals surface area contributed by atoms with Crippen LogP contribution in [0.4, 0.5) is 0 Å². The second-order valence-electron chi connectivity index (χ2n) is 5.34. The molecule has 7 heteroatoms. The Morgan fingerprint density at radius 2 is 2.04 bits per heavy atom. The van der Waals surface area contributed by atoms with E-state index in [4.69, 9.17) is 10.4 Å². The van der Waals surface area contributed by atoms with Gasteiger partial charge in [0, 0.05) is 6.20 Å². The van der Waals surface area contributed by atoms with Gasteiger partial charge >= 0.3 is 5.97 Å². The Morgan fingerprint density at radius 1 is 1.24 bits per heavy atom. The smallest absolute Gasteiger partial charge is 0.337 e. The Kier molecular flexibility index (Phi) is 4.18. The fraction of sp³-hybridized carbons (Fsp3) is 0.111. The number of carbonyl (C=O) groups is 1. The number of aromatic hydroxyl groups is 1. The molecule has 7 nitrogen and oxygen atoms in total. The molecule has 0 saturated carbocycles. The molecule has 25 heavy (non-hydrogen) atoms. The van der Waals surface area contributed by atoms with Crippen LogP contribution >= 0.6 is 0 Å². The van der Waals surface area contributed by atoms with Gasteiger partial charge in [0.2, 0.25) is 5.88 Å². The van der Waals surface area contributed by atoms with Crippen LogP contribution in [-0.2, 0) is 6.42 Å². The molecule has 0 bridgehead atoms. The van der Waals surface area contributed by atoms with Gasteiger partial charge in [-0.15, -0.1) is 0 Å². The third-order valence-electron chi connectivity index (χ3n) is 3.86. The predicted octanol–water partition coefficient (Wildman–Crippen LogP) is 2.77. The first kappa shape index (κ1) is 16.2. The van der Waals surface area contributed by atoms with E-state index in [0.29, 0.717) is 23.4 Å². The molecular weight excluding hydrogens is 320 g/mol. The van der Waals surface area contributed by atoms with Gasteiger partial charge in [-0.2, -0.15) is 15.0 Å². The fourth-order valence-corrected chi connectivity index (χ4v) is 2.56. The monoisotopic (exact) mass is 334 g/mol. The SMILES string of the molecule is CCc1cc(C#N)ccc1-c1cnn(-c2ccc(C(=O)O)cn2)c1O. The number of aromatic carboxylic acids is 1. The molecule has 3 rings (SSSR count). The molecule has 0 aliphatic rings. The van der Waals surface area contributed by atoms with Crippen molar-refractivity contribution in [2.45, 2.75) is 13.3 Å². The van der Waals surface area contributed by atoms with Crippen LogP contribution in [0.1, 0.15) is 28.4 Å². The van der Waals surface area contributed by atoms with Crippen molar-refractivity contribution in [2.24, 2.45) is 0 Å². The molecule has 1 aromatic carbocycles. The van der Waals surface area contributed by atoms with Crippen LogP contribution in [0.2, 0.25) is 0 Å². The van der Waals surface area contributed by atoms with E-state index in [1.54, 1.807) is 18.2 Å². The summed E-state index contributed by atoms with van der Waals surface area (Å²) < 4.78 is 1.23. The van der Waals surface area contributed by atoms with Crippen LogP contribution in [0.5, 0.6) is 5.88 Å². The molecule has 0 amide bonds. The highest BCUT2D eigenvalue weighted by molar-refractivity contribution is 5.87. The third-order valence-corrected chi connectivity index (χ3v) is 3.86. The van der Waals surface area contributed by atoms with Crippen LogP contribution in [-0.4, -0.2) is 30.9 Å². The number of carboxylic acid groups (broad SMARTS) is 1. The van der Waals surface area contributed by atoms with Gasteiger partial charge in [-0.3, -0.25) is 0 Å². The lowest BCUT2D eigenvalue weighted by molar-refractivity contribution is 0.0696. The zero-order chi connectivity index (χ0) is 18.0. The maximum atomic E-state index is 10.9. The third kappa shape index (κ3) is 2.93. The normalized spacial score (nSPS) is 10.4. The minimum Gasteiger partial charge on any atom is -0.493 e. The van der Waals surface area contributed by atoms with Gasteiger partial charge in [0.05, 0.1) is 29.0 Å². The summed E-state index contributed by atoms with van der Waals surface area (Å²) >= 11 is 0. The van der Waals surface area contributed by atoms with E-state index in [0.717, 1.165) is 11.1 Å². The minimum absolute atomic E-state index is 0.0518. The number of carboxylic acids is 1. The molecular formula is C18H14N4O3. The van der Waals surface area contributed by atoms with Crippen molar-refractivity contribution in [2.75, 3.05) is 0 Å². The number of rotatable bonds is 4. The van der Waals surface area contributed by atoms with Crippen molar-refractivity contribution in [3.8, 4) is 28.9 Å². The highest BCUT2D eigenvalue weighted by Crippen LogP contribution is 2.33. The zero-order valence-corrected chi connectivity index (χ0v) is 13.3. The van der Waals surface area contributed by atoms with E-state index in [2.05, 4.69) is 16.2 Å². The van der Waals surface area contributed by atoms with Crippen molar-refractivity contribution in [3.63, 3.8) is 0 Å². The number of hydrogen-bond donors (Lipinski definition) is 2. The number of nitriles is 1. The van der Waals surface area contributed by atoms with Gasteiger partial charge < -0.3 is 10.2 Å². The van der Waals surface area contributed by atoms with E-state index in [9.17, 15) is 9.90 Å². The Balaban J connectivity index is 2.05. The van der Waals surface area contributed by atoms with Gasteiger partial charge in [0.25, 0.3) is 0 Å². The molecule has 0 aliphatic heterocycles. The minimum atomic E-state index is -1.07. The first-order chi connectivity index (χ1) is 12.0. The second kappa shape index (κ2) is 6.45. The predicted molar refractivity (Wildman–Crippen MR) is 89.5 cm³/mol. The molecule has 2 aromatic heterocycles. The molecule has 0 unspecified atom stereocenters. The lowest BCUT2D eigenvalue weighted by Gasteiger charge is -2.08. The molecule has 0 radical (unpaired) electrons. The number of hydrogen-bond acceptors (Lipinski definition) is 5.